The Hall–Kier alpha value is -3.63. The van der Waals surface area contributed by atoms with Crippen molar-refractivity contribution in [1.29, 1.82) is 0 Å². The van der Waals surface area contributed by atoms with Gasteiger partial charge in [0.25, 0.3) is 0 Å². The summed E-state index contributed by atoms with van der Waals surface area (Å²) in [5, 5.41) is 13.5. The molecule has 1 amide bonds. The molecule has 2 N–H and O–H groups in total. The zero-order valence-electron chi connectivity index (χ0n) is 18.8. The highest BCUT2D eigenvalue weighted by molar-refractivity contribution is 5.96. The topological polar surface area (TPSA) is 115 Å². The summed E-state index contributed by atoms with van der Waals surface area (Å²) in [6, 6.07) is 11.0. The summed E-state index contributed by atoms with van der Waals surface area (Å²) in [5.74, 6) is 0.439. The maximum Gasteiger partial charge on any atom is 0.414 e. The first kappa shape index (κ1) is 22.2. The zero-order valence-corrected chi connectivity index (χ0v) is 18.8. The number of pyridine rings is 2. The molecule has 178 valence electrons. The molecule has 2 aromatic heterocycles. The van der Waals surface area contributed by atoms with Gasteiger partial charge in [0.2, 0.25) is 18.5 Å². The highest BCUT2D eigenvalue weighted by atomic mass is 16.7. The Bertz CT molecular complexity index is 1200. The van der Waals surface area contributed by atoms with E-state index in [0.717, 1.165) is 30.0 Å². The van der Waals surface area contributed by atoms with Crippen molar-refractivity contribution >= 4 is 22.8 Å². The lowest BCUT2D eigenvalue weighted by Gasteiger charge is -2.37. The van der Waals surface area contributed by atoms with Crippen LogP contribution >= 0.6 is 0 Å². The number of fused-ring (bicyclic) bond motifs is 2. The number of carbonyl (C=O) groups excluding carboxylic acids is 1. The van der Waals surface area contributed by atoms with E-state index in [-0.39, 0.29) is 6.79 Å². The summed E-state index contributed by atoms with van der Waals surface area (Å²) < 4.78 is 21.4. The zero-order chi connectivity index (χ0) is 23.5. The standard InChI is InChI=1S/C24H26N4O6/c1-31-21-5-3-17-22(27-21)18(6-10-25-17)26-23(29)34-24(30)8-12-28(13-9-24)11-7-16-2-4-19-20(14-16)33-15-32-19/h2-6,10,14,30H,7-9,11-13,15H2,1H3,(H,25,26,29). The molecule has 4 heterocycles. The number of aliphatic hydroxyl groups is 1. The van der Waals surface area contributed by atoms with Crippen LogP contribution in [0.15, 0.2) is 42.6 Å². The van der Waals surface area contributed by atoms with Crippen LogP contribution in [0.5, 0.6) is 17.4 Å². The number of piperidine rings is 1. The smallest absolute Gasteiger partial charge is 0.414 e. The van der Waals surface area contributed by atoms with Gasteiger partial charge in [0.05, 0.1) is 18.3 Å². The third kappa shape index (κ3) is 4.82. The minimum Gasteiger partial charge on any atom is -0.481 e. The molecule has 0 unspecified atom stereocenters. The summed E-state index contributed by atoms with van der Waals surface area (Å²) in [6.07, 6.45) is 2.32. The summed E-state index contributed by atoms with van der Waals surface area (Å²) in [7, 11) is 1.52. The summed E-state index contributed by atoms with van der Waals surface area (Å²) in [4.78, 5) is 23.4. The number of likely N-dealkylation sites (tertiary alicyclic amines) is 1. The van der Waals surface area contributed by atoms with E-state index < -0.39 is 11.9 Å². The third-order valence-corrected chi connectivity index (χ3v) is 6.08. The first-order valence-corrected chi connectivity index (χ1v) is 11.1. The number of anilines is 1. The van der Waals surface area contributed by atoms with Gasteiger partial charge in [0.15, 0.2) is 11.5 Å². The highest BCUT2D eigenvalue weighted by Crippen LogP contribution is 2.33. The number of nitrogens with one attached hydrogen (secondary N) is 1. The van der Waals surface area contributed by atoms with Crippen molar-refractivity contribution in [3.63, 3.8) is 0 Å². The van der Waals surface area contributed by atoms with E-state index in [0.29, 0.717) is 48.5 Å². The molecular weight excluding hydrogens is 440 g/mol. The molecule has 0 bridgehead atoms. The van der Waals surface area contributed by atoms with E-state index in [4.69, 9.17) is 18.9 Å². The molecule has 34 heavy (non-hydrogen) atoms. The van der Waals surface area contributed by atoms with Crippen molar-refractivity contribution in [3.05, 3.63) is 48.2 Å². The number of hydrogen-bond acceptors (Lipinski definition) is 9. The third-order valence-electron chi connectivity index (χ3n) is 6.08. The first-order chi connectivity index (χ1) is 16.5. The fourth-order valence-corrected chi connectivity index (χ4v) is 4.14. The lowest BCUT2D eigenvalue weighted by atomic mass is 10.0. The number of aromatic nitrogens is 2. The first-order valence-electron chi connectivity index (χ1n) is 11.1. The molecule has 0 aliphatic carbocycles. The fourth-order valence-electron chi connectivity index (χ4n) is 4.14. The van der Waals surface area contributed by atoms with Crippen LogP contribution in [0.25, 0.3) is 11.0 Å². The van der Waals surface area contributed by atoms with E-state index >= 15 is 0 Å². The Morgan fingerprint density at radius 1 is 1.18 bits per heavy atom. The Morgan fingerprint density at radius 2 is 2.00 bits per heavy atom. The number of nitrogens with zero attached hydrogens (tertiary/aromatic N) is 3. The van der Waals surface area contributed by atoms with Crippen LogP contribution in [-0.2, 0) is 11.2 Å². The number of methoxy groups -OCH3 is 1. The van der Waals surface area contributed by atoms with Gasteiger partial charge in [0, 0.05) is 44.7 Å². The largest absolute Gasteiger partial charge is 0.481 e. The minimum atomic E-state index is -1.52. The fraction of sp³-hybridized carbons (Fsp3) is 0.375. The van der Waals surface area contributed by atoms with Gasteiger partial charge in [-0.15, -0.1) is 0 Å². The average Bonchev–Trinajstić information content (AvgIpc) is 3.31. The van der Waals surface area contributed by atoms with Crippen LogP contribution in [0.1, 0.15) is 18.4 Å². The molecule has 0 radical (unpaired) electrons. The molecule has 0 spiro atoms. The quantitative estimate of drug-likeness (QED) is 0.529. The number of ether oxygens (including phenoxy) is 4. The molecular formula is C24H26N4O6. The van der Waals surface area contributed by atoms with Gasteiger partial charge in [-0.2, -0.15) is 0 Å². The van der Waals surface area contributed by atoms with E-state index in [2.05, 4.69) is 20.2 Å². The monoisotopic (exact) mass is 466 g/mol. The molecule has 3 aromatic rings. The molecule has 2 aliphatic rings. The van der Waals surface area contributed by atoms with Gasteiger partial charge in [-0.25, -0.2) is 9.78 Å². The molecule has 1 saturated heterocycles. The molecule has 1 fully saturated rings. The Morgan fingerprint density at radius 3 is 2.82 bits per heavy atom. The lowest BCUT2D eigenvalue weighted by molar-refractivity contribution is -0.185. The van der Waals surface area contributed by atoms with E-state index in [1.807, 2.05) is 18.2 Å². The predicted octanol–water partition coefficient (Wildman–Crippen LogP) is 2.94. The van der Waals surface area contributed by atoms with Crippen molar-refractivity contribution in [2.24, 2.45) is 0 Å². The van der Waals surface area contributed by atoms with Crippen LogP contribution in [-0.4, -0.2) is 65.4 Å². The lowest BCUT2D eigenvalue weighted by Crippen LogP contribution is -2.48. The van der Waals surface area contributed by atoms with Gasteiger partial charge in [-0.1, -0.05) is 6.07 Å². The predicted molar refractivity (Wildman–Crippen MR) is 123 cm³/mol. The highest BCUT2D eigenvalue weighted by Gasteiger charge is 2.36. The van der Waals surface area contributed by atoms with E-state index in [1.54, 1.807) is 24.4 Å². The van der Waals surface area contributed by atoms with Crippen molar-refractivity contribution < 1.29 is 28.8 Å². The number of carbonyl (C=O) groups is 1. The second-order valence-electron chi connectivity index (χ2n) is 8.32. The Kier molecular flexibility index (Phi) is 6.08. The molecule has 1 aromatic carbocycles. The molecule has 2 aliphatic heterocycles. The normalized spacial score (nSPS) is 16.9. The maximum absolute atomic E-state index is 12.6. The van der Waals surface area contributed by atoms with Crippen LogP contribution in [0.4, 0.5) is 10.5 Å². The van der Waals surface area contributed by atoms with Crippen molar-refractivity contribution in [2.75, 3.05) is 38.9 Å². The molecule has 0 saturated carbocycles. The van der Waals surface area contributed by atoms with Crippen LogP contribution in [0.2, 0.25) is 0 Å². The van der Waals surface area contributed by atoms with Crippen molar-refractivity contribution in [1.82, 2.24) is 14.9 Å². The van der Waals surface area contributed by atoms with Gasteiger partial charge in [-0.3, -0.25) is 10.3 Å². The molecule has 5 rings (SSSR count). The summed E-state index contributed by atoms with van der Waals surface area (Å²) >= 11 is 0. The van der Waals surface area contributed by atoms with E-state index in [9.17, 15) is 9.90 Å². The minimum absolute atomic E-state index is 0.263. The summed E-state index contributed by atoms with van der Waals surface area (Å²) in [6.45, 7) is 2.33. The van der Waals surface area contributed by atoms with Gasteiger partial charge >= 0.3 is 6.09 Å². The SMILES string of the molecule is COc1ccc2nccc(NC(=O)OC3(O)CCN(CCc4ccc5c(c4)OCO5)CC3)c2n1. The molecule has 10 nitrogen and oxygen atoms in total. The maximum atomic E-state index is 12.6. The second-order valence-corrected chi connectivity index (χ2v) is 8.32. The van der Waals surface area contributed by atoms with Crippen LogP contribution < -0.4 is 19.5 Å². The van der Waals surface area contributed by atoms with Crippen LogP contribution in [0.3, 0.4) is 0 Å². The Labute approximate surface area is 196 Å². The van der Waals surface area contributed by atoms with E-state index in [1.165, 1.54) is 7.11 Å². The van der Waals surface area contributed by atoms with Gasteiger partial charge in [-0.05, 0) is 36.2 Å². The Balaban J connectivity index is 1.14. The summed E-state index contributed by atoms with van der Waals surface area (Å²) in [5.41, 5.74) is 2.67. The molecule has 10 heteroatoms. The second kappa shape index (κ2) is 9.32. The number of rotatable bonds is 6. The van der Waals surface area contributed by atoms with Gasteiger partial charge in [0.1, 0.15) is 5.52 Å². The average molecular weight is 466 g/mol. The number of hydrogen-bond donors (Lipinski definition) is 2. The van der Waals surface area contributed by atoms with Gasteiger partial charge < -0.3 is 29.0 Å². The van der Waals surface area contributed by atoms with Crippen molar-refractivity contribution in [3.8, 4) is 17.4 Å². The van der Waals surface area contributed by atoms with Crippen LogP contribution in [0, 0.1) is 0 Å². The van der Waals surface area contributed by atoms with Crippen molar-refractivity contribution in [2.45, 2.75) is 25.0 Å². The number of benzene rings is 1. The molecule has 0 atom stereocenters. The number of amides is 1.